The van der Waals surface area contributed by atoms with Gasteiger partial charge in [-0.05, 0) is 37.5 Å². The van der Waals surface area contributed by atoms with Gasteiger partial charge >= 0.3 is 6.03 Å². The molecule has 6 rings (SSSR count). The molecule has 196 valence electrons. The zero-order valence-corrected chi connectivity index (χ0v) is 21.4. The van der Waals surface area contributed by atoms with Gasteiger partial charge in [0.05, 0.1) is 40.7 Å². The molecule has 2 aromatic heterocycles. The number of thiophene rings is 1. The summed E-state index contributed by atoms with van der Waals surface area (Å²) in [6.07, 6.45) is 10.1. The molecule has 2 fully saturated rings. The summed E-state index contributed by atoms with van der Waals surface area (Å²) in [6.45, 7) is 6.00. The van der Waals surface area contributed by atoms with Gasteiger partial charge in [-0.25, -0.2) is 14.2 Å². The van der Waals surface area contributed by atoms with E-state index >= 15 is 0 Å². The summed E-state index contributed by atoms with van der Waals surface area (Å²) in [5.74, 6) is 0.484. The van der Waals surface area contributed by atoms with Crippen molar-refractivity contribution in [2.24, 2.45) is 0 Å². The molecule has 0 atom stereocenters. The summed E-state index contributed by atoms with van der Waals surface area (Å²) in [4.78, 5) is 21.0. The molecule has 0 aromatic carbocycles. The minimum Gasteiger partial charge on any atom is -0.457 e. The van der Waals surface area contributed by atoms with Crippen LogP contribution < -0.4 is 16.0 Å². The Morgan fingerprint density at radius 2 is 2.14 bits per heavy atom. The summed E-state index contributed by atoms with van der Waals surface area (Å²) in [5, 5.41) is 8.99. The third-order valence-electron chi connectivity index (χ3n) is 6.81. The molecule has 0 bridgehead atoms. The highest BCUT2D eigenvalue weighted by atomic mass is 32.1. The largest absolute Gasteiger partial charge is 0.457 e. The van der Waals surface area contributed by atoms with E-state index in [0.717, 1.165) is 73.4 Å². The molecule has 2 aliphatic heterocycles. The highest BCUT2D eigenvalue weighted by Crippen LogP contribution is 2.42. The van der Waals surface area contributed by atoms with Crippen molar-refractivity contribution in [2.75, 3.05) is 44.7 Å². The lowest BCUT2D eigenvalue weighted by molar-refractivity contribution is 0.0364. The quantitative estimate of drug-likeness (QED) is 0.481. The van der Waals surface area contributed by atoms with Crippen LogP contribution in [-0.2, 0) is 16.0 Å². The molecular weight excluding hydrogens is 495 g/mol. The van der Waals surface area contributed by atoms with Crippen molar-refractivity contribution >= 4 is 28.8 Å². The van der Waals surface area contributed by atoms with Gasteiger partial charge in [-0.1, -0.05) is 0 Å². The predicted molar refractivity (Wildman–Crippen MR) is 140 cm³/mol. The minimum atomic E-state index is -0.454. The van der Waals surface area contributed by atoms with Gasteiger partial charge < -0.3 is 30.0 Å². The third kappa shape index (κ3) is 5.89. The van der Waals surface area contributed by atoms with Crippen LogP contribution >= 0.6 is 11.3 Å². The van der Waals surface area contributed by atoms with Crippen LogP contribution in [0.25, 0.3) is 16.3 Å². The van der Waals surface area contributed by atoms with Gasteiger partial charge in [-0.2, -0.15) is 0 Å². The normalized spacial score (nSPS) is 20.0. The van der Waals surface area contributed by atoms with Crippen molar-refractivity contribution in [3.05, 3.63) is 52.9 Å². The average molecular weight is 527 g/mol. The van der Waals surface area contributed by atoms with E-state index in [0.29, 0.717) is 30.8 Å². The van der Waals surface area contributed by atoms with Crippen LogP contribution in [0.4, 0.5) is 14.9 Å². The van der Waals surface area contributed by atoms with Crippen LogP contribution in [0.1, 0.15) is 30.6 Å². The molecule has 0 spiro atoms. The first-order chi connectivity index (χ1) is 18.1. The number of carbonyl (C=O) groups excluding carboxylic acids is 1. The molecule has 1 saturated carbocycles. The lowest BCUT2D eigenvalue weighted by Crippen LogP contribution is -2.38. The van der Waals surface area contributed by atoms with Crippen molar-refractivity contribution in [1.29, 1.82) is 0 Å². The minimum absolute atomic E-state index is 0.254. The summed E-state index contributed by atoms with van der Waals surface area (Å²) in [7, 11) is 0. The molecule has 2 aromatic rings. The second kappa shape index (κ2) is 10.7. The van der Waals surface area contributed by atoms with Crippen LogP contribution in [0, 0.1) is 0 Å². The lowest BCUT2D eigenvalue weighted by atomic mass is 10.1. The Kier molecular flexibility index (Phi) is 6.99. The number of aromatic nitrogens is 2. The summed E-state index contributed by atoms with van der Waals surface area (Å²) >= 11 is 1.58. The van der Waals surface area contributed by atoms with Crippen molar-refractivity contribution in [3.8, 4) is 10.6 Å². The number of ether oxygens (including phenoxy) is 2. The predicted octanol–water partition coefficient (Wildman–Crippen LogP) is 4.05. The van der Waals surface area contributed by atoms with Gasteiger partial charge in [0, 0.05) is 57.1 Å². The van der Waals surface area contributed by atoms with E-state index in [1.807, 2.05) is 12.4 Å². The topological polar surface area (TPSA) is 92.7 Å². The van der Waals surface area contributed by atoms with E-state index in [2.05, 4.69) is 42.7 Å². The van der Waals surface area contributed by atoms with Crippen molar-refractivity contribution in [3.63, 3.8) is 0 Å². The molecule has 1 saturated heterocycles. The number of hydrogen-bond acceptors (Lipinski definition) is 7. The fraction of sp³-hybridized carbons (Fsp3) is 0.462. The van der Waals surface area contributed by atoms with E-state index in [9.17, 15) is 9.18 Å². The van der Waals surface area contributed by atoms with Crippen molar-refractivity contribution < 1.29 is 18.7 Å². The Hall–Kier alpha value is -3.15. The molecule has 0 radical (unpaired) electrons. The fourth-order valence-corrected chi connectivity index (χ4v) is 5.63. The maximum atomic E-state index is 14.9. The maximum absolute atomic E-state index is 14.9. The highest BCUT2D eigenvalue weighted by Gasteiger charge is 2.26. The summed E-state index contributed by atoms with van der Waals surface area (Å²) in [6, 6.07) is 2.06. The number of halogens is 1. The monoisotopic (exact) mass is 526 g/mol. The number of morpholine rings is 1. The zero-order chi connectivity index (χ0) is 25.2. The first-order valence-corrected chi connectivity index (χ1v) is 13.7. The molecule has 2 aliphatic carbocycles. The standard InChI is InChI=1S/C26H31FN6O3S/c27-19-13-18(31-26(34)30-17-1-2-17)3-4-22(19)36-23-5-6-28-20-14-24(37-25(20)23)21-15-33(16-29-21)8-7-32-9-11-35-12-10-32/h5,13-17,28H,1-4,6-12H2,(H2,30,31,34). The molecule has 9 nitrogen and oxygen atoms in total. The van der Waals surface area contributed by atoms with Crippen LogP contribution in [0.2, 0.25) is 0 Å². The van der Waals surface area contributed by atoms with E-state index < -0.39 is 5.83 Å². The molecule has 4 aliphatic rings. The Labute approximate surface area is 219 Å². The maximum Gasteiger partial charge on any atom is 0.319 e. The summed E-state index contributed by atoms with van der Waals surface area (Å²) in [5.41, 5.74) is 2.44. The average Bonchev–Trinajstić information content (AvgIpc) is 3.39. The van der Waals surface area contributed by atoms with Crippen LogP contribution in [-0.4, -0.2) is 65.9 Å². The number of allylic oxidation sites excluding steroid dienone is 4. The van der Waals surface area contributed by atoms with E-state index in [4.69, 9.17) is 9.47 Å². The number of fused-ring (bicyclic) bond motifs is 1. The number of imidazole rings is 1. The van der Waals surface area contributed by atoms with Gasteiger partial charge in [-0.3, -0.25) is 4.90 Å². The van der Waals surface area contributed by atoms with Crippen LogP contribution in [0.5, 0.6) is 0 Å². The van der Waals surface area contributed by atoms with Crippen LogP contribution in [0.15, 0.2) is 48.0 Å². The van der Waals surface area contributed by atoms with Crippen molar-refractivity contribution in [1.82, 2.24) is 25.1 Å². The van der Waals surface area contributed by atoms with Crippen LogP contribution in [0.3, 0.4) is 0 Å². The fourth-order valence-electron chi connectivity index (χ4n) is 4.56. The zero-order valence-electron chi connectivity index (χ0n) is 20.6. The second-order valence-corrected chi connectivity index (χ2v) is 10.7. The Morgan fingerprint density at radius 1 is 1.27 bits per heavy atom. The number of carbonyl (C=O) groups is 1. The molecule has 3 N–H and O–H groups in total. The highest BCUT2D eigenvalue weighted by molar-refractivity contribution is 7.17. The third-order valence-corrected chi connectivity index (χ3v) is 7.98. The number of hydrogen-bond donors (Lipinski definition) is 3. The van der Waals surface area contributed by atoms with E-state index in [-0.39, 0.29) is 17.8 Å². The number of amides is 2. The number of urea groups is 1. The number of anilines is 1. The molecule has 0 unspecified atom stereocenters. The van der Waals surface area contributed by atoms with Gasteiger partial charge in [0.25, 0.3) is 0 Å². The summed E-state index contributed by atoms with van der Waals surface area (Å²) < 4.78 is 28.5. The number of nitrogens with one attached hydrogen (secondary N) is 3. The molecule has 2 amide bonds. The van der Waals surface area contributed by atoms with Gasteiger partial charge in [0.2, 0.25) is 0 Å². The number of rotatable bonds is 8. The van der Waals surface area contributed by atoms with Crippen molar-refractivity contribution in [2.45, 2.75) is 38.3 Å². The number of nitrogens with zero attached hydrogens (tertiary/aromatic N) is 3. The smallest absolute Gasteiger partial charge is 0.319 e. The van der Waals surface area contributed by atoms with Gasteiger partial charge in [-0.15, -0.1) is 11.3 Å². The SMILES string of the molecule is O=C(NC1=CC(F)=C(OC2=CCNc3cc(-c4cn(CCN5CCOCC5)cn4)sc32)CC1)NC1CC1. The molecule has 11 heteroatoms. The van der Waals surface area contributed by atoms with Gasteiger partial charge in [0.15, 0.2) is 5.83 Å². The Morgan fingerprint density at radius 3 is 2.95 bits per heavy atom. The lowest BCUT2D eigenvalue weighted by Gasteiger charge is -2.26. The first kappa shape index (κ1) is 24.2. The second-order valence-electron chi connectivity index (χ2n) is 9.67. The Balaban J connectivity index is 1.10. The van der Waals surface area contributed by atoms with E-state index in [1.54, 1.807) is 11.3 Å². The Bertz CT molecular complexity index is 1250. The molecular formula is C26H31FN6O3S. The molecule has 4 heterocycles. The van der Waals surface area contributed by atoms with Gasteiger partial charge in [0.1, 0.15) is 11.5 Å². The molecule has 37 heavy (non-hydrogen) atoms. The van der Waals surface area contributed by atoms with E-state index in [1.165, 1.54) is 6.08 Å². The first-order valence-electron chi connectivity index (χ1n) is 12.9.